The molecule has 0 saturated carbocycles. The van der Waals surface area contributed by atoms with E-state index in [1.54, 1.807) is 0 Å². The predicted molar refractivity (Wildman–Crippen MR) is 78.0 cm³/mol. The lowest BCUT2D eigenvalue weighted by Crippen LogP contribution is -2.48. The number of rotatable bonds is 3. The van der Waals surface area contributed by atoms with Crippen molar-refractivity contribution in [2.75, 3.05) is 39.0 Å². The van der Waals surface area contributed by atoms with Crippen molar-refractivity contribution < 1.29 is 13.2 Å². The first kappa shape index (κ1) is 15.5. The minimum atomic E-state index is -3.14. The molecule has 2 heterocycles. The van der Waals surface area contributed by atoms with Crippen molar-refractivity contribution in [3.05, 3.63) is 0 Å². The van der Waals surface area contributed by atoms with Crippen LogP contribution >= 0.6 is 0 Å². The maximum atomic E-state index is 11.7. The summed E-state index contributed by atoms with van der Waals surface area (Å²) in [5, 5.41) is 0. The van der Waals surface area contributed by atoms with Gasteiger partial charge in [0.25, 0.3) is 0 Å². The molecular weight excluding hydrogens is 280 g/mol. The van der Waals surface area contributed by atoms with Crippen LogP contribution in [0.5, 0.6) is 0 Å². The first-order valence-corrected chi connectivity index (χ1v) is 8.86. The smallest absolute Gasteiger partial charge is 0.211 e. The van der Waals surface area contributed by atoms with Crippen molar-refractivity contribution in [1.82, 2.24) is 9.21 Å². The van der Waals surface area contributed by atoms with E-state index in [1.165, 1.54) is 10.6 Å². The summed E-state index contributed by atoms with van der Waals surface area (Å²) in [4.78, 5) is 6.38. The summed E-state index contributed by atoms with van der Waals surface area (Å²) in [6.45, 7) is 5.14. The van der Waals surface area contributed by atoms with Crippen molar-refractivity contribution in [2.24, 2.45) is 10.7 Å². The van der Waals surface area contributed by atoms with E-state index in [0.29, 0.717) is 25.7 Å². The van der Waals surface area contributed by atoms with E-state index in [2.05, 4.69) is 4.99 Å². The molecule has 8 heteroatoms. The van der Waals surface area contributed by atoms with Crippen molar-refractivity contribution in [3.8, 4) is 0 Å². The summed E-state index contributed by atoms with van der Waals surface area (Å²) in [5.41, 5.74) is 6.00. The van der Waals surface area contributed by atoms with Gasteiger partial charge < -0.3 is 15.4 Å². The molecule has 2 rings (SSSR count). The second-order valence-corrected chi connectivity index (χ2v) is 7.43. The normalized spacial score (nSPS) is 29.9. The molecule has 7 nitrogen and oxygen atoms in total. The first-order valence-electron chi connectivity index (χ1n) is 7.01. The lowest BCUT2D eigenvalue weighted by molar-refractivity contribution is 0.00528. The molecule has 2 aliphatic rings. The van der Waals surface area contributed by atoms with E-state index in [9.17, 15) is 8.42 Å². The van der Waals surface area contributed by atoms with Crippen molar-refractivity contribution >= 4 is 16.0 Å². The first-order chi connectivity index (χ1) is 9.38. The standard InChI is InChI=1S/C12H24N4O3S/c1-10-9-15(6-7-19-10)12(13)14-8-11-4-3-5-16(11)20(2,17)18/h10-11H,3-9H2,1-2H3,(H2,13,14)/t10?,11-/m1/s1. The fourth-order valence-electron chi connectivity index (χ4n) is 2.75. The second-order valence-electron chi connectivity index (χ2n) is 5.50. The Kier molecular flexibility index (Phi) is 4.87. The Morgan fingerprint density at radius 2 is 2.20 bits per heavy atom. The molecule has 2 aliphatic heterocycles. The van der Waals surface area contributed by atoms with Gasteiger partial charge in [0.05, 0.1) is 25.5 Å². The highest BCUT2D eigenvalue weighted by Crippen LogP contribution is 2.20. The molecule has 1 unspecified atom stereocenters. The largest absolute Gasteiger partial charge is 0.375 e. The number of sulfonamides is 1. The van der Waals surface area contributed by atoms with Crippen molar-refractivity contribution in [2.45, 2.75) is 31.9 Å². The number of hydrogen-bond acceptors (Lipinski definition) is 4. The van der Waals surface area contributed by atoms with Crippen LogP contribution in [0.15, 0.2) is 4.99 Å². The molecule has 0 aromatic heterocycles. The van der Waals surface area contributed by atoms with E-state index in [1.807, 2.05) is 11.8 Å². The highest BCUT2D eigenvalue weighted by Gasteiger charge is 2.31. The van der Waals surface area contributed by atoms with Gasteiger partial charge in [-0.25, -0.2) is 8.42 Å². The molecule has 0 aliphatic carbocycles. The van der Waals surface area contributed by atoms with E-state index in [4.69, 9.17) is 10.5 Å². The Morgan fingerprint density at radius 1 is 1.45 bits per heavy atom. The fraction of sp³-hybridized carbons (Fsp3) is 0.917. The number of hydrogen-bond donors (Lipinski definition) is 1. The Hall–Kier alpha value is -0.860. The van der Waals surface area contributed by atoms with Crippen LogP contribution < -0.4 is 5.73 Å². The topological polar surface area (TPSA) is 88.2 Å². The molecule has 2 N–H and O–H groups in total. The Morgan fingerprint density at radius 3 is 2.85 bits per heavy atom. The zero-order valence-corrected chi connectivity index (χ0v) is 13.0. The molecule has 2 fully saturated rings. The van der Waals surface area contributed by atoms with Gasteiger partial charge in [0.2, 0.25) is 10.0 Å². The van der Waals surface area contributed by atoms with Crippen LogP contribution in [-0.4, -0.2) is 74.8 Å². The highest BCUT2D eigenvalue weighted by molar-refractivity contribution is 7.88. The summed E-state index contributed by atoms with van der Waals surface area (Å²) < 4.78 is 30.3. The Labute approximate surface area is 120 Å². The quantitative estimate of drug-likeness (QED) is 0.558. The van der Waals surface area contributed by atoms with E-state index in [-0.39, 0.29) is 12.1 Å². The Bertz CT molecular complexity index is 465. The van der Waals surface area contributed by atoms with Crippen LogP contribution in [0.1, 0.15) is 19.8 Å². The highest BCUT2D eigenvalue weighted by atomic mass is 32.2. The summed E-state index contributed by atoms with van der Waals surface area (Å²) in [6, 6.07) is -0.0537. The third-order valence-corrected chi connectivity index (χ3v) is 5.11. The molecule has 0 amide bonds. The lowest BCUT2D eigenvalue weighted by atomic mass is 10.2. The van der Waals surface area contributed by atoms with Gasteiger partial charge in [0.15, 0.2) is 5.96 Å². The van der Waals surface area contributed by atoms with Crippen LogP contribution in [0.4, 0.5) is 0 Å². The lowest BCUT2D eigenvalue weighted by Gasteiger charge is -2.32. The molecule has 0 aromatic rings. The molecular formula is C12H24N4O3S. The summed E-state index contributed by atoms with van der Waals surface area (Å²) in [5.74, 6) is 0.487. The van der Waals surface area contributed by atoms with Gasteiger partial charge in [-0.2, -0.15) is 4.31 Å². The van der Waals surface area contributed by atoms with Gasteiger partial charge in [-0.05, 0) is 19.8 Å². The van der Waals surface area contributed by atoms with Gasteiger partial charge in [-0.3, -0.25) is 4.99 Å². The second kappa shape index (κ2) is 6.28. The maximum absolute atomic E-state index is 11.7. The molecule has 0 aromatic carbocycles. The van der Waals surface area contributed by atoms with E-state index >= 15 is 0 Å². The summed E-state index contributed by atoms with van der Waals surface area (Å²) >= 11 is 0. The maximum Gasteiger partial charge on any atom is 0.211 e. The third-order valence-electron chi connectivity index (χ3n) is 3.78. The van der Waals surface area contributed by atoms with Gasteiger partial charge in [0.1, 0.15) is 0 Å². The SMILES string of the molecule is CC1CN(C(N)=NC[C@H]2CCCN2S(C)(=O)=O)CCO1. The number of nitrogens with zero attached hydrogens (tertiary/aromatic N) is 3. The van der Waals surface area contributed by atoms with Gasteiger partial charge in [-0.1, -0.05) is 0 Å². The van der Waals surface area contributed by atoms with Crippen molar-refractivity contribution in [1.29, 1.82) is 0 Å². The van der Waals surface area contributed by atoms with Crippen LogP contribution in [0, 0.1) is 0 Å². The zero-order valence-electron chi connectivity index (χ0n) is 12.2. The molecule has 0 radical (unpaired) electrons. The average Bonchev–Trinajstić information content (AvgIpc) is 2.84. The van der Waals surface area contributed by atoms with Gasteiger partial charge in [-0.15, -0.1) is 0 Å². The van der Waals surface area contributed by atoms with Gasteiger partial charge in [0, 0.05) is 25.7 Å². The van der Waals surface area contributed by atoms with Crippen LogP contribution in [-0.2, 0) is 14.8 Å². The number of guanidine groups is 1. The zero-order chi connectivity index (χ0) is 14.8. The summed E-state index contributed by atoms with van der Waals surface area (Å²) in [7, 11) is -3.14. The van der Waals surface area contributed by atoms with Crippen LogP contribution in [0.25, 0.3) is 0 Å². The van der Waals surface area contributed by atoms with E-state index < -0.39 is 10.0 Å². The molecule has 2 saturated heterocycles. The monoisotopic (exact) mass is 304 g/mol. The number of nitrogens with two attached hydrogens (primary N) is 1. The van der Waals surface area contributed by atoms with Crippen molar-refractivity contribution in [3.63, 3.8) is 0 Å². The van der Waals surface area contributed by atoms with E-state index in [0.717, 1.165) is 25.9 Å². The fourth-order valence-corrected chi connectivity index (χ4v) is 3.93. The summed E-state index contributed by atoms with van der Waals surface area (Å²) in [6.07, 6.45) is 3.14. The average molecular weight is 304 g/mol. The predicted octanol–water partition coefficient (Wildman–Crippen LogP) is -0.554. The number of aliphatic imine (C=N–C) groups is 1. The minimum absolute atomic E-state index is 0.0537. The van der Waals surface area contributed by atoms with Crippen LogP contribution in [0.2, 0.25) is 0 Å². The third kappa shape index (κ3) is 3.83. The number of ether oxygens (including phenoxy) is 1. The molecule has 2 atom stereocenters. The van der Waals surface area contributed by atoms with Crippen LogP contribution in [0.3, 0.4) is 0 Å². The Balaban J connectivity index is 1.94. The molecule has 20 heavy (non-hydrogen) atoms. The van der Waals surface area contributed by atoms with Gasteiger partial charge >= 0.3 is 0 Å². The minimum Gasteiger partial charge on any atom is -0.375 e. The molecule has 0 bridgehead atoms. The molecule has 0 spiro atoms. The number of morpholine rings is 1. The molecule has 116 valence electrons.